The number of ketones is 1. The molecule has 14 heteroatoms. The number of nitrogens with two attached hydrogens (primary N) is 1. The summed E-state index contributed by atoms with van der Waals surface area (Å²) in [5.74, 6) is -2.78. The summed E-state index contributed by atoms with van der Waals surface area (Å²) in [6, 6.07) is 3.16. The average molecular weight is 706 g/mol. The third-order valence-electron chi connectivity index (χ3n) is 9.57. The first kappa shape index (κ1) is 40.2. The summed E-state index contributed by atoms with van der Waals surface area (Å²) < 4.78 is 19.5. The molecule has 0 bridgehead atoms. The lowest BCUT2D eigenvalue weighted by Crippen LogP contribution is -2.62. The van der Waals surface area contributed by atoms with E-state index in [0.717, 1.165) is 18.4 Å². The third-order valence-corrected chi connectivity index (χ3v) is 10.4. The quantitative estimate of drug-likeness (QED) is 0.107. The second-order valence-electron chi connectivity index (χ2n) is 16.0. The molecule has 0 aromatic heterocycles. The molecule has 1 unspecified atom stereocenters. The lowest BCUT2D eigenvalue weighted by molar-refractivity contribution is -0.144. The zero-order valence-electron chi connectivity index (χ0n) is 30.2. The monoisotopic (exact) mass is 705 g/mol. The standard InChI is InChI=1S/C35H56N6O7S/c1-20(2)23-15-16-41(27(23)31(44)38-24(17-21-13-14-21)28(42)30(36)43)32(45)29(35(6,7)8)40-33(46)39-26(34(3,4)5)19-37-18-22-11-9-10-12-25(22)49(47)48/h9-12,20-21,23-24,26-27,29,37,47-48H,13-19H2,1-8H3,(H4-,36,38,39,40,43,44,46)/p+1/t23-,24?,26-,27+,29-/m1/s1. The first-order valence-corrected chi connectivity index (χ1v) is 18.3. The molecule has 0 spiro atoms. The van der Waals surface area contributed by atoms with E-state index in [1.165, 1.54) is 4.90 Å². The Kier molecular flexibility index (Phi) is 13.7. The number of amides is 5. The maximum absolute atomic E-state index is 14.3. The molecule has 1 aromatic carbocycles. The minimum atomic E-state index is -1.88. The summed E-state index contributed by atoms with van der Waals surface area (Å²) in [5, 5.41) is 12.0. The molecule has 3 rings (SSSR count). The maximum Gasteiger partial charge on any atom is 0.351 e. The number of urea groups is 1. The van der Waals surface area contributed by atoms with Crippen molar-refractivity contribution in [2.45, 2.75) is 117 Å². The van der Waals surface area contributed by atoms with Gasteiger partial charge in [-0.2, -0.15) is 9.11 Å². The Morgan fingerprint density at radius 3 is 2.10 bits per heavy atom. The van der Waals surface area contributed by atoms with Crippen molar-refractivity contribution in [3.63, 3.8) is 0 Å². The second-order valence-corrected chi connectivity index (χ2v) is 16.9. The molecule has 13 nitrogen and oxygen atoms in total. The van der Waals surface area contributed by atoms with Crippen LogP contribution in [0.4, 0.5) is 4.79 Å². The van der Waals surface area contributed by atoms with Crippen LogP contribution in [0.3, 0.4) is 0 Å². The van der Waals surface area contributed by atoms with Gasteiger partial charge < -0.3 is 31.9 Å². The van der Waals surface area contributed by atoms with Gasteiger partial charge in [-0.05, 0) is 41.4 Å². The minimum absolute atomic E-state index is 0.0414. The van der Waals surface area contributed by atoms with Gasteiger partial charge in [0.15, 0.2) is 0 Å². The van der Waals surface area contributed by atoms with E-state index < -0.39 is 64.5 Å². The second kappa shape index (κ2) is 16.7. The van der Waals surface area contributed by atoms with Crippen LogP contribution >= 0.6 is 0 Å². The molecule has 5 atom stereocenters. The number of primary amides is 1. The molecule has 1 heterocycles. The maximum atomic E-state index is 14.3. The van der Waals surface area contributed by atoms with Crippen molar-refractivity contribution >= 4 is 41.0 Å². The lowest BCUT2D eigenvalue weighted by Gasteiger charge is -2.38. The Bertz CT molecular complexity index is 1350. The SMILES string of the molecule is CC(C)[C@H]1CCN(C(=O)[C@@H](NC(=O)N[C@H](CNCc2ccccc2[S+](O)O)C(C)(C)C)C(C)(C)C)[C@@H]1C(=O)NC(CC1CC1)C(=O)C(N)=O. The molecule has 1 saturated carbocycles. The van der Waals surface area contributed by atoms with Gasteiger partial charge in [-0.1, -0.05) is 86.4 Å². The first-order chi connectivity index (χ1) is 22.7. The minimum Gasteiger partial charge on any atom is -0.363 e. The fraction of sp³-hybridized carbons (Fsp3) is 0.686. The van der Waals surface area contributed by atoms with Crippen LogP contribution in [-0.4, -0.2) is 80.8 Å². The average Bonchev–Trinajstić information content (AvgIpc) is 3.70. The smallest absolute Gasteiger partial charge is 0.351 e. The van der Waals surface area contributed by atoms with Crippen LogP contribution in [0.1, 0.15) is 86.6 Å². The van der Waals surface area contributed by atoms with E-state index in [1.54, 1.807) is 18.2 Å². The zero-order chi connectivity index (χ0) is 36.8. The highest BCUT2D eigenvalue weighted by molar-refractivity contribution is 7.86. The normalized spacial score (nSPS) is 20.1. The summed E-state index contributed by atoms with van der Waals surface area (Å²) in [5.41, 5.74) is 4.92. The number of hydrogen-bond acceptors (Lipinski definition) is 8. The number of hydrogen-bond donors (Lipinski definition) is 7. The summed E-state index contributed by atoms with van der Waals surface area (Å²) >= 11 is -1.88. The van der Waals surface area contributed by atoms with Gasteiger partial charge in [0.1, 0.15) is 12.1 Å². The molecule has 1 aliphatic carbocycles. The highest BCUT2D eigenvalue weighted by Gasteiger charge is 2.48. The Morgan fingerprint density at radius 1 is 0.939 bits per heavy atom. The molecule has 2 aliphatic rings. The van der Waals surface area contributed by atoms with Crippen LogP contribution in [0, 0.1) is 28.6 Å². The number of carbonyl (C=O) groups is 5. The highest BCUT2D eigenvalue weighted by atomic mass is 32.2. The van der Waals surface area contributed by atoms with Crippen molar-refractivity contribution in [2.24, 2.45) is 34.3 Å². The predicted octanol–water partition coefficient (Wildman–Crippen LogP) is 3.04. The van der Waals surface area contributed by atoms with E-state index in [-0.39, 0.29) is 29.2 Å². The molecule has 1 saturated heterocycles. The molecule has 2 fully saturated rings. The number of rotatable bonds is 15. The fourth-order valence-electron chi connectivity index (χ4n) is 6.34. The van der Waals surface area contributed by atoms with Gasteiger partial charge in [0.2, 0.25) is 22.5 Å². The molecule has 8 N–H and O–H groups in total. The van der Waals surface area contributed by atoms with Crippen LogP contribution in [-0.2, 0) is 37.2 Å². The molecule has 49 heavy (non-hydrogen) atoms. The summed E-state index contributed by atoms with van der Waals surface area (Å²) in [6.45, 7) is 16.4. The van der Waals surface area contributed by atoms with Crippen molar-refractivity contribution < 1.29 is 33.1 Å². The first-order valence-electron chi connectivity index (χ1n) is 17.1. The van der Waals surface area contributed by atoms with Crippen molar-refractivity contribution in [3.8, 4) is 0 Å². The molecule has 274 valence electrons. The molecular formula is C35H57N6O7S+. The summed E-state index contributed by atoms with van der Waals surface area (Å²) in [7, 11) is 0. The van der Waals surface area contributed by atoms with Gasteiger partial charge in [-0.25, -0.2) is 4.79 Å². The molecular weight excluding hydrogens is 648 g/mol. The van der Waals surface area contributed by atoms with E-state index >= 15 is 0 Å². The number of nitrogens with one attached hydrogen (secondary N) is 4. The van der Waals surface area contributed by atoms with Crippen LogP contribution in [0.15, 0.2) is 29.2 Å². The van der Waals surface area contributed by atoms with Crippen molar-refractivity contribution in [1.29, 1.82) is 0 Å². The molecule has 0 radical (unpaired) electrons. The number of carbonyl (C=O) groups excluding carboxylic acids is 5. The van der Waals surface area contributed by atoms with Crippen LogP contribution < -0.4 is 27.0 Å². The van der Waals surface area contributed by atoms with E-state index in [0.29, 0.717) is 37.4 Å². The van der Waals surface area contributed by atoms with Gasteiger partial charge >= 0.3 is 17.5 Å². The summed E-state index contributed by atoms with van der Waals surface area (Å²) in [6.07, 6.45) is 2.72. The van der Waals surface area contributed by atoms with E-state index in [1.807, 2.05) is 61.5 Å². The van der Waals surface area contributed by atoms with Gasteiger partial charge in [0.25, 0.3) is 5.91 Å². The molecule has 1 aliphatic heterocycles. The Morgan fingerprint density at radius 2 is 1.57 bits per heavy atom. The van der Waals surface area contributed by atoms with Gasteiger partial charge in [0.05, 0.1) is 6.04 Å². The van der Waals surface area contributed by atoms with Gasteiger partial charge in [-0.3, -0.25) is 19.2 Å². The van der Waals surface area contributed by atoms with Crippen molar-refractivity contribution in [1.82, 2.24) is 26.2 Å². The van der Waals surface area contributed by atoms with E-state index in [2.05, 4.69) is 21.3 Å². The molecule has 5 amide bonds. The predicted molar refractivity (Wildman–Crippen MR) is 189 cm³/mol. The van der Waals surface area contributed by atoms with Crippen molar-refractivity contribution in [2.75, 3.05) is 13.1 Å². The van der Waals surface area contributed by atoms with Crippen LogP contribution in [0.2, 0.25) is 0 Å². The summed E-state index contributed by atoms with van der Waals surface area (Å²) in [4.78, 5) is 68.2. The fourth-order valence-corrected chi connectivity index (χ4v) is 6.92. The highest BCUT2D eigenvalue weighted by Crippen LogP contribution is 2.35. The van der Waals surface area contributed by atoms with E-state index in [4.69, 9.17) is 5.73 Å². The van der Waals surface area contributed by atoms with Crippen molar-refractivity contribution in [3.05, 3.63) is 29.8 Å². The van der Waals surface area contributed by atoms with Crippen LogP contribution in [0.25, 0.3) is 0 Å². The Hall–Kier alpha value is -3.20. The number of nitrogens with zero attached hydrogens (tertiary/aromatic N) is 1. The number of likely N-dealkylation sites (tertiary alicyclic amines) is 1. The van der Waals surface area contributed by atoms with Crippen LogP contribution in [0.5, 0.6) is 0 Å². The van der Waals surface area contributed by atoms with Gasteiger partial charge in [0, 0.05) is 37.3 Å². The number of Topliss-reactive ketones (excluding diaryl/α,β-unsaturated/α-hetero) is 1. The topological polar surface area (TPSA) is 203 Å². The van der Waals surface area contributed by atoms with Gasteiger partial charge in [-0.15, -0.1) is 0 Å². The number of benzene rings is 1. The third kappa shape index (κ3) is 11.1. The largest absolute Gasteiger partial charge is 0.363 e. The van der Waals surface area contributed by atoms with E-state index in [9.17, 15) is 33.1 Å². The Labute approximate surface area is 293 Å². The Balaban J connectivity index is 1.77. The lowest BCUT2D eigenvalue weighted by atomic mass is 9.84. The molecule has 1 aromatic rings. The zero-order valence-corrected chi connectivity index (χ0v) is 31.0.